The minimum atomic E-state index is 0.295. The van der Waals surface area contributed by atoms with Gasteiger partial charge in [-0.2, -0.15) is 0 Å². The molecule has 10 heavy (non-hydrogen) atoms. The summed E-state index contributed by atoms with van der Waals surface area (Å²) in [4.78, 5) is 6.56. The predicted octanol–water partition coefficient (Wildman–Crippen LogP) is 1.79. The first kappa shape index (κ1) is 8.04. The number of hydrogen-bond acceptors (Lipinski definition) is 1. The number of pyridine rings is 1. The fraction of sp³-hybridized carbons (Fsp3) is 0.375. The fourth-order valence-electron chi connectivity index (χ4n) is 0.753. The van der Waals surface area contributed by atoms with Crippen LogP contribution in [0.3, 0.4) is 0 Å². The topological polar surface area (TPSA) is 12.9 Å². The molecule has 54 valence electrons. The molecule has 0 aliphatic heterocycles. The number of aryl methyl sites for hydroxylation is 1. The molecule has 1 aromatic rings. The molecule has 1 rings (SSSR count). The van der Waals surface area contributed by atoms with Gasteiger partial charge >= 0.3 is 71.9 Å². The molecule has 0 aliphatic rings. The van der Waals surface area contributed by atoms with E-state index in [4.69, 9.17) is 0 Å². The zero-order valence-electron chi connectivity index (χ0n) is 6.08. The Morgan fingerprint density at radius 3 is 3.00 bits per heavy atom. The van der Waals surface area contributed by atoms with Gasteiger partial charge in [0.15, 0.2) is 0 Å². The van der Waals surface area contributed by atoms with Crippen molar-refractivity contribution >= 4 is 20.9 Å². The van der Waals surface area contributed by atoms with Crippen LogP contribution in [0.5, 0.6) is 0 Å². The number of aromatic nitrogens is 1. The molecule has 0 amide bonds. The van der Waals surface area contributed by atoms with E-state index in [1.165, 1.54) is 16.6 Å². The molecule has 0 N–H and O–H groups in total. The van der Waals surface area contributed by atoms with Crippen molar-refractivity contribution in [3.63, 3.8) is 0 Å². The molecule has 0 bridgehead atoms. The summed E-state index contributed by atoms with van der Waals surface area (Å²) in [6.07, 6.45) is 3.05. The Balaban J connectivity index is 2.43. The van der Waals surface area contributed by atoms with E-state index in [2.05, 4.69) is 22.1 Å². The summed E-state index contributed by atoms with van der Waals surface area (Å²) in [5, 5.41) is 0. The van der Waals surface area contributed by atoms with Gasteiger partial charge in [0.2, 0.25) is 0 Å². The zero-order valence-corrected chi connectivity index (χ0v) is 8.41. The van der Waals surface area contributed by atoms with Crippen molar-refractivity contribution in [2.75, 3.05) is 0 Å². The first-order valence-electron chi connectivity index (χ1n) is 3.32. The van der Waals surface area contributed by atoms with Gasteiger partial charge in [-0.15, -0.1) is 0 Å². The van der Waals surface area contributed by atoms with Crippen molar-refractivity contribution in [3.8, 4) is 0 Å². The minimum absolute atomic E-state index is 0.295. The van der Waals surface area contributed by atoms with Gasteiger partial charge in [-0.05, 0) is 0 Å². The van der Waals surface area contributed by atoms with Gasteiger partial charge in [-0.1, -0.05) is 0 Å². The fourth-order valence-corrected chi connectivity index (χ4v) is 1.93. The Bertz CT molecular complexity index is 174. The second-order valence-electron chi connectivity index (χ2n) is 2.06. The van der Waals surface area contributed by atoms with Crippen LogP contribution in [0, 0.1) is 0 Å². The first-order chi connectivity index (χ1) is 4.93. The maximum atomic E-state index is 4.24. The van der Waals surface area contributed by atoms with Gasteiger partial charge in [0.05, 0.1) is 0 Å². The van der Waals surface area contributed by atoms with Gasteiger partial charge in [0.1, 0.15) is 0 Å². The first-order valence-corrected chi connectivity index (χ1v) is 7.30. The van der Waals surface area contributed by atoms with Crippen molar-refractivity contribution in [2.45, 2.75) is 15.9 Å². The summed E-state index contributed by atoms with van der Waals surface area (Å²) >= 11 is 0.295. The molecule has 2 heteroatoms. The van der Waals surface area contributed by atoms with Gasteiger partial charge < -0.3 is 0 Å². The maximum absolute atomic E-state index is 4.24. The summed E-state index contributed by atoms with van der Waals surface area (Å²) in [6, 6.07) is 6.12. The molecular weight excluding hydrogens is 238 g/mol. The van der Waals surface area contributed by atoms with Crippen molar-refractivity contribution in [2.24, 2.45) is 0 Å². The van der Waals surface area contributed by atoms with E-state index in [-0.39, 0.29) is 0 Å². The molecule has 0 aliphatic carbocycles. The van der Waals surface area contributed by atoms with Crippen LogP contribution in [0.4, 0.5) is 0 Å². The van der Waals surface area contributed by atoms with Crippen LogP contribution in [0.25, 0.3) is 0 Å². The molecule has 0 fully saturated rings. The predicted molar refractivity (Wildman–Crippen MR) is 44.4 cm³/mol. The quantitative estimate of drug-likeness (QED) is 0.744. The average Bonchev–Trinajstić information content (AvgIpc) is 2.03. The second-order valence-corrected chi connectivity index (χ2v) is 4.88. The van der Waals surface area contributed by atoms with Crippen LogP contribution in [-0.4, -0.2) is 25.9 Å². The average molecular weight is 249 g/mol. The van der Waals surface area contributed by atoms with E-state index >= 15 is 0 Å². The monoisotopic (exact) mass is 251 g/mol. The van der Waals surface area contributed by atoms with Gasteiger partial charge in [-0.3, -0.25) is 0 Å². The van der Waals surface area contributed by atoms with Gasteiger partial charge in [0.25, 0.3) is 0 Å². The standard InChI is InChI=1S/C8H11NTe/c1-10-7-5-8-4-2-3-6-9-8/h2-4,6H,5,7H2,1H3. The molecule has 0 aromatic carbocycles. The Morgan fingerprint density at radius 1 is 1.50 bits per heavy atom. The van der Waals surface area contributed by atoms with Crippen LogP contribution >= 0.6 is 0 Å². The number of nitrogens with zero attached hydrogens (tertiary/aromatic N) is 1. The van der Waals surface area contributed by atoms with Crippen LogP contribution < -0.4 is 0 Å². The van der Waals surface area contributed by atoms with Crippen molar-refractivity contribution in [1.82, 2.24) is 4.98 Å². The molecule has 0 saturated heterocycles. The molecule has 0 saturated carbocycles. The third-order valence-corrected chi connectivity index (χ3v) is 3.04. The van der Waals surface area contributed by atoms with Gasteiger partial charge in [-0.25, -0.2) is 0 Å². The zero-order chi connectivity index (χ0) is 7.23. The van der Waals surface area contributed by atoms with E-state index in [1.54, 1.807) is 0 Å². The van der Waals surface area contributed by atoms with E-state index < -0.39 is 0 Å². The summed E-state index contributed by atoms with van der Waals surface area (Å²) < 4.78 is 1.38. The van der Waals surface area contributed by atoms with Crippen molar-refractivity contribution in [3.05, 3.63) is 30.1 Å². The summed E-state index contributed by atoms with van der Waals surface area (Å²) in [7, 11) is 0. The summed E-state index contributed by atoms with van der Waals surface area (Å²) in [5.41, 5.74) is 1.24. The number of rotatable bonds is 3. The molecule has 0 unspecified atom stereocenters. The number of hydrogen-bond donors (Lipinski definition) is 0. The second kappa shape index (κ2) is 4.71. The van der Waals surface area contributed by atoms with Crippen LogP contribution in [0.1, 0.15) is 5.69 Å². The molecule has 0 radical (unpaired) electrons. The Hall–Kier alpha value is -0.0604. The molecule has 0 atom stereocenters. The summed E-state index contributed by atoms with van der Waals surface area (Å²) in [6.45, 7) is 0. The molecule has 0 spiro atoms. The van der Waals surface area contributed by atoms with Crippen LogP contribution in [-0.2, 0) is 6.42 Å². The van der Waals surface area contributed by atoms with Crippen molar-refractivity contribution in [1.29, 1.82) is 0 Å². The van der Waals surface area contributed by atoms with E-state index in [9.17, 15) is 0 Å². The van der Waals surface area contributed by atoms with E-state index in [0.29, 0.717) is 20.9 Å². The van der Waals surface area contributed by atoms with Crippen LogP contribution in [0.15, 0.2) is 24.4 Å². The van der Waals surface area contributed by atoms with Gasteiger partial charge in [0, 0.05) is 0 Å². The SMILES string of the molecule is C[Te]CCc1ccccn1. The van der Waals surface area contributed by atoms with E-state index in [0.717, 1.165) is 0 Å². The molecule has 1 heterocycles. The normalized spacial score (nSPS) is 9.70. The molecule has 1 nitrogen and oxygen atoms in total. The third kappa shape index (κ3) is 2.68. The van der Waals surface area contributed by atoms with Crippen LogP contribution in [0.2, 0.25) is 9.44 Å². The Kier molecular flexibility index (Phi) is 3.79. The molecule has 1 aromatic heterocycles. The Labute approximate surface area is 71.9 Å². The Morgan fingerprint density at radius 2 is 2.40 bits per heavy atom. The summed E-state index contributed by atoms with van der Waals surface area (Å²) in [5.74, 6) is 0. The third-order valence-electron chi connectivity index (χ3n) is 1.29. The van der Waals surface area contributed by atoms with Crippen molar-refractivity contribution < 1.29 is 0 Å². The molecular formula is C8H11NTe. The van der Waals surface area contributed by atoms with E-state index in [1.807, 2.05) is 12.3 Å².